The second-order valence-corrected chi connectivity index (χ2v) is 5.64. The quantitative estimate of drug-likeness (QED) is 0.662. The zero-order chi connectivity index (χ0) is 14.1. The molecule has 0 aromatic carbocycles. The maximum Gasteiger partial charge on any atom is 0.237 e. The smallest absolute Gasteiger partial charge is 0.237 e. The summed E-state index contributed by atoms with van der Waals surface area (Å²) in [5.74, 6) is 0.181. The van der Waals surface area contributed by atoms with Gasteiger partial charge < -0.3 is 11.1 Å². The zero-order valence-electron chi connectivity index (χ0n) is 12.7. The van der Waals surface area contributed by atoms with Crippen LogP contribution in [0.5, 0.6) is 0 Å². The van der Waals surface area contributed by atoms with E-state index in [2.05, 4.69) is 17.1 Å². The van der Waals surface area contributed by atoms with Crippen LogP contribution in [0.4, 0.5) is 0 Å². The number of carbonyl (C=O) groups is 1. The molecule has 0 radical (unpaired) electrons. The average molecular weight is 269 g/mol. The van der Waals surface area contributed by atoms with Crippen LogP contribution in [0.25, 0.3) is 0 Å². The number of carbonyl (C=O) groups excluding carboxylic acids is 1. The summed E-state index contributed by atoms with van der Waals surface area (Å²) in [5, 5.41) is 3.07. The van der Waals surface area contributed by atoms with Gasteiger partial charge in [-0.05, 0) is 45.7 Å². The molecule has 2 atom stereocenters. The molecule has 1 aliphatic heterocycles. The lowest BCUT2D eigenvalue weighted by Gasteiger charge is -2.39. The Kier molecular flexibility index (Phi) is 8.07. The molecule has 3 N–H and O–H groups in total. The minimum absolute atomic E-state index is 0.0153. The third-order valence-electron chi connectivity index (χ3n) is 4.13. The zero-order valence-corrected chi connectivity index (χ0v) is 12.7. The van der Waals surface area contributed by atoms with Crippen LogP contribution in [0.3, 0.4) is 0 Å². The molecule has 2 unspecified atom stereocenters. The van der Waals surface area contributed by atoms with Gasteiger partial charge in [0.05, 0.1) is 6.04 Å². The van der Waals surface area contributed by atoms with Gasteiger partial charge in [0.1, 0.15) is 0 Å². The summed E-state index contributed by atoms with van der Waals surface area (Å²) in [6.07, 6.45) is 8.13. The topological polar surface area (TPSA) is 58.4 Å². The van der Waals surface area contributed by atoms with Crippen LogP contribution < -0.4 is 11.1 Å². The minimum Gasteiger partial charge on any atom is -0.355 e. The van der Waals surface area contributed by atoms with E-state index in [0.717, 1.165) is 25.9 Å². The van der Waals surface area contributed by atoms with Crippen molar-refractivity contribution < 1.29 is 4.79 Å². The average Bonchev–Trinajstić information content (AvgIpc) is 2.43. The highest BCUT2D eigenvalue weighted by Crippen LogP contribution is 2.21. The summed E-state index contributed by atoms with van der Waals surface area (Å²) in [5.41, 5.74) is 5.68. The Morgan fingerprint density at radius 1 is 1.42 bits per heavy atom. The molecule has 1 heterocycles. The van der Waals surface area contributed by atoms with Crippen molar-refractivity contribution in [3.63, 3.8) is 0 Å². The standard InChI is InChI=1S/C15H31N3O/c1-3-4-6-11-17-15(19)13(2)18-12-7-5-8-14(18)9-10-16/h13-14H,3-12,16H2,1-2H3,(H,17,19). The van der Waals surface area contributed by atoms with Gasteiger partial charge in [-0.15, -0.1) is 0 Å². The molecule has 4 nitrogen and oxygen atoms in total. The Balaban J connectivity index is 2.39. The van der Waals surface area contributed by atoms with Crippen molar-refractivity contribution in [2.24, 2.45) is 5.73 Å². The van der Waals surface area contributed by atoms with Crippen LogP contribution in [0.15, 0.2) is 0 Å². The highest BCUT2D eigenvalue weighted by atomic mass is 16.2. The third-order valence-corrected chi connectivity index (χ3v) is 4.13. The van der Waals surface area contributed by atoms with Gasteiger partial charge in [0, 0.05) is 12.6 Å². The molecule has 0 aliphatic carbocycles. The Hall–Kier alpha value is -0.610. The number of nitrogens with one attached hydrogen (secondary N) is 1. The van der Waals surface area contributed by atoms with Gasteiger partial charge in [-0.2, -0.15) is 0 Å². The van der Waals surface area contributed by atoms with E-state index in [1.165, 1.54) is 32.1 Å². The molecule has 1 aliphatic rings. The molecular formula is C15H31N3O. The molecule has 0 spiro atoms. The van der Waals surface area contributed by atoms with Crippen LogP contribution in [0.2, 0.25) is 0 Å². The third kappa shape index (κ3) is 5.49. The number of nitrogens with zero attached hydrogens (tertiary/aromatic N) is 1. The lowest BCUT2D eigenvalue weighted by atomic mass is 9.97. The second-order valence-electron chi connectivity index (χ2n) is 5.64. The second kappa shape index (κ2) is 9.32. The molecule has 0 aromatic rings. The van der Waals surface area contributed by atoms with E-state index < -0.39 is 0 Å². The molecule has 1 amide bonds. The fourth-order valence-electron chi connectivity index (χ4n) is 2.92. The van der Waals surface area contributed by atoms with Gasteiger partial charge in [0.25, 0.3) is 0 Å². The highest BCUT2D eigenvalue weighted by Gasteiger charge is 2.29. The predicted octanol–water partition coefficient (Wildman–Crippen LogP) is 1.88. The first-order valence-electron chi connectivity index (χ1n) is 7.94. The number of likely N-dealkylation sites (tertiary alicyclic amines) is 1. The molecule has 1 rings (SSSR count). The first-order chi connectivity index (χ1) is 9.20. The maximum absolute atomic E-state index is 12.2. The number of hydrogen-bond donors (Lipinski definition) is 2. The number of hydrogen-bond acceptors (Lipinski definition) is 3. The van der Waals surface area contributed by atoms with Crippen LogP contribution in [-0.2, 0) is 4.79 Å². The van der Waals surface area contributed by atoms with Gasteiger partial charge in [0.15, 0.2) is 0 Å². The molecule has 0 aromatic heterocycles. The van der Waals surface area contributed by atoms with E-state index in [-0.39, 0.29) is 11.9 Å². The fourth-order valence-corrected chi connectivity index (χ4v) is 2.92. The summed E-state index contributed by atoms with van der Waals surface area (Å²) < 4.78 is 0. The molecule has 19 heavy (non-hydrogen) atoms. The molecule has 1 saturated heterocycles. The number of piperidine rings is 1. The Morgan fingerprint density at radius 3 is 2.89 bits per heavy atom. The normalized spacial score (nSPS) is 22.2. The maximum atomic E-state index is 12.2. The van der Waals surface area contributed by atoms with Gasteiger partial charge in [-0.3, -0.25) is 9.69 Å². The molecule has 0 saturated carbocycles. The van der Waals surface area contributed by atoms with Crippen LogP contribution in [0, 0.1) is 0 Å². The summed E-state index contributed by atoms with van der Waals surface area (Å²) in [4.78, 5) is 14.5. The van der Waals surface area contributed by atoms with Crippen LogP contribution in [0.1, 0.15) is 58.8 Å². The monoisotopic (exact) mass is 269 g/mol. The number of rotatable bonds is 8. The van der Waals surface area contributed by atoms with Crippen LogP contribution >= 0.6 is 0 Å². The van der Waals surface area contributed by atoms with Crippen molar-refractivity contribution in [1.82, 2.24) is 10.2 Å². The van der Waals surface area contributed by atoms with Gasteiger partial charge in [-0.1, -0.05) is 26.2 Å². The number of unbranched alkanes of at least 4 members (excludes halogenated alkanes) is 2. The fraction of sp³-hybridized carbons (Fsp3) is 0.933. The molecule has 112 valence electrons. The van der Waals surface area contributed by atoms with Crippen molar-refractivity contribution in [2.45, 2.75) is 70.9 Å². The Labute approximate surface area is 118 Å². The highest BCUT2D eigenvalue weighted by molar-refractivity contribution is 5.81. The molecule has 0 bridgehead atoms. The summed E-state index contributed by atoms with van der Waals surface area (Å²) in [7, 11) is 0. The van der Waals surface area contributed by atoms with E-state index in [9.17, 15) is 4.79 Å². The van der Waals surface area contributed by atoms with E-state index in [1.807, 2.05) is 6.92 Å². The SMILES string of the molecule is CCCCCNC(=O)C(C)N1CCCCC1CCN. The summed E-state index contributed by atoms with van der Waals surface area (Å²) >= 11 is 0. The first kappa shape index (κ1) is 16.4. The van der Waals surface area contributed by atoms with Crippen molar-refractivity contribution in [3.8, 4) is 0 Å². The largest absolute Gasteiger partial charge is 0.355 e. The molecule has 1 fully saturated rings. The summed E-state index contributed by atoms with van der Waals surface area (Å²) in [6, 6.07) is 0.480. The van der Waals surface area contributed by atoms with E-state index in [0.29, 0.717) is 12.6 Å². The number of nitrogens with two attached hydrogens (primary N) is 1. The van der Waals surface area contributed by atoms with E-state index in [4.69, 9.17) is 5.73 Å². The van der Waals surface area contributed by atoms with Crippen molar-refractivity contribution in [1.29, 1.82) is 0 Å². The van der Waals surface area contributed by atoms with E-state index in [1.54, 1.807) is 0 Å². The van der Waals surface area contributed by atoms with Crippen molar-refractivity contribution in [2.75, 3.05) is 19.6 Å². The van der Waals surface area contributed by atoms with Gasteiger partial charge >= 0.3 is 0 Å². The lowest BCUT2D eigenvalue weighted by molar-refractivity contribution is -0.127. The van der Waals surface area contributed by atoms with Crippen molar-refractivity contribution in [3.05, 3.63) is 0 Å². The van der Waals surface area contributed by atoms with Gasteiger partial charge in [0.2, 0.25) is 5.91 Å². The van der Waals surface area contributed by atoms with Crippen LogP contribution in [-0.4, -0.2) is 42.5 Å². The lowest BCUT2D eigenvalue weighted by Crippen LogP contribution is -2.52. The molecular weight excluding hydrogens is 238 g/mol. The Bertz CT molecular complexity index is 256. The first-order valence-corrected chi connectivity index (χ1v) is 7.94. The van der Waals surface area contributed by atoms with Gasteiger partial charge in [-0.25, -0.2) is 0 Å². The van der Waals surface area contributed by atoms with E-state index >= 15 is 0 Å². The van der Waals surface area contributed by atoms with Crippen molar-refractivity contribution >= 4 is 5.91 Å². The predicted molar refractivity (Wildman–Crippen MR) is 80.0 cm³/mol. The summed E-state index contributed by atoms with van der Waals surface area (Å²) in [6.45, 7) is 6.77. The Morgan fingerprint density at radius 2 is 2.21 bits per heavy atom. The number of amides is 1. The minimum atomic E-state index is -0.0153. The molecule has 4 heteroatoms.